The molecule has 0 aromatic heterocycles. The van der Waals surface area contributed by atoms with Crippen molar-refractivity contribution in [3.05, 3.63) is 0 Å². The van der Waals surface area contributed by atoms with Crippen molar-refractivity contribution in [2.45, 2.75) is 45.1 Å². The number of rotatable bonds is 3. The maximum absolute atomic E-state index is 12.3. The molecule has 4 heteroatoms. The zero-order valence-corrected chi connectivity index (χ0v) is 12.4. The van der Waals surface area contributed by atoms with Crippen LogP contribution in [0.1, 0.15) is 39.0 Å². The van der Waals surface area contributed by atoms with Crippen molar-refractivity contribution in [1.29, 1.82) is 0 Å². The highest BCUT2D eigenvalue weighted by Gasteiger charge is 2.34. The Morgan fingerprint density at radius 2 is 2.11 bits per heavy atom. The quantitative estimate of drug-likeness (QED) is 0.808. The van der Waals surface area contributed by atoms with E-state index in [0.29, 0.717) is 11.8 Å². The SMILES string of the molecule is CC1CCCC(N)C1C(=O)NCC1CCCN(C)C1. The Morgan fingerprint density at radius 3 is 2.79 bits per heavy atom. The summed E-state index contributed by atoms with van der Waals surface area (Å²) in [6.07, 6.45) is 5.78. The predicted octanol–water partition coefficient (Wildman–Crippen LogP) is 1.21. The first-order chi connectivity index (χ1) is 9.08. The Balaban J connectivity index is 1.79. The third-order valence-corrected chi connectivity index (χ3v) is 4.86. The van der Waals surface area contributed by atoms with Gasteiger partial charge in [-0.15, -0.1) is 0 Å². The molecule has 2 rings (SSSR count). The smallest absolute Gasteiger partial charge is 0.224 e. The van der Waals surface area contributed by atoms with Crippen molar-refractivity contribution >= 4 is 5.91 Å². The summed E-state index contributed by atoms with van der Waals surface area (Å²) < 4.78 is 0. The van der Waals surface area contributed by atoms with E-state index in [1.165, 1.54) is 25.8 Å². The van der Waals surface area contributed by atoms with Gasteiger partial charge in [0.05, 0.1) is 5.92 Å². The molecule has 0 bridgehead atoms. The Kier molecular flexibility index (Phi) is 5.22. The number of piperidine rings is 1. The molecule has 0 radical (unpaired) electrons. The van der Waals surface area contributed by atoms with E-state index in [4.69, 9.17) is 5.73 Å². The summed E-state index contributed by atoms with van der Waals surface area (Å²) in [7, 11) is 2.16. The number of nitrogens with one attached hydrogen (secondary N) is 1. The van der Waals surface area contributed by atoms with Crippen LogP contribution in [0.15, 0.2) is 0 Å². The van der Waals surface area contributed by atoms with Gasteiger partial charge >= 0.3 is 0 Å². The Hall–Kier alpha value is -0.610. The highest BCUT2D eigenvalue weighted by atomic mass is 16.1. The molecule has 1 saturated carbocycles. The van der Waals surface area contributed by atoms with Crippen LogP contribution in [0.5, 0.6) is 0 Å². The number of carbonyl (C=O) groups is 1. The van der Waals surface area contributed by atoms with E-state index < -0.39 is 0 Å². The van der Waals surface area contributed by atoms with Crippen molar-refractivity contribution in [1.82, 2.24) is 10.2 Å². The third-order valence-electron chi connectivity index (χ3n) is 4.86. The van der Waals surface area contributed by atoms with E-state index in [1.54, 1.807) is 0 Å². The molecule has 2 aliphatic rings. The molecule has 19 heavy (non-hydrogen) atoms. The van der Waals surface area contributed by atoms with E-state index in [1.807, 2.05) is 0 Å². The molecular formula is C15H29N3O. The molecular weight excluding hydrogens is 238 g/mol. The lowest BCUT2D eigenvalue weighted by molar-refractivity contribution is -0.128. The minimum absolute atomic E-state index is 0.0232. The van der Waals surface area contributed by atoms with E-state index in [-0.39, 0.29) is 17.9 Å². The van der Waals surface area contributed by atoms with Crippen LogP contribution in [0.25, 0.3) is 0 Å². The molecule has 1 aliphatic carbocycles. The molecule has 2 fully saturated rings. The summed E-state index contributed by atoms with van der Waals surface area (Å²) in [5, 5.41) is 3.16. The normalized spacial score (nSPS) is 37.0. The Labute approximate surface area is 117 Å². The van der Waals surface area contributed by atoms with Gasteiger partial charge in [-0.2, -0.15) is 0 Å². The van der Waals surface area contributed by atoms with Crippen molar-refractivity contribution in [3.63, 3.8) is 0 Å². The number of likely N-dealkylation sites (tertiary alicyclic amines) is 1. The number of carbonyl (C=O) groups excluding carboxylic acids is 1. The topological polar surface area (TPSA) is 58.4 Å². The summed E-state index contributed by atoms with van der Waals surface area (Å²) in [5.41, 5.74) is 6.13. The predicted molar refractivity (Wildman–Crippen MR) is 77.7 cm³/mol. The number of hydrogen-bond acceptors (Lipinski definition) is 3. The van der Waals surface area contributed by atoms with E-state index >= 15 is 0 Å². The minimum Gasteiger partial charge on any atom is -0.355 e. The van der Waals surface area contributed by atoms with Gasteiger partial charge < -0.3 is 16.0 Å². The molecule has 0 aromatic carbocycles. The van der Waals surface area contributed by atoms with Crippen molar-refractivity contribution in [2.24, 2.45) is 23.5 Å². The van der Waals surface area contributed by atoms with Crippen LogP contribution >= 0.6 is 0 Å². The standard InChI is InChI=1S/C15H29N3O/c1-11-5-3-7-13(16)14(11)15(19)17-9-12-6-4-8-18(2)10-12/h11-14H,3-10,16H2,1-2H3,(H,17,19). The summed E-state index contributed by atoms with van der Waals surface area (Å²) in [4.78, 5) is 14.7. The molecule has 4 unspecified atom stereocenters. The first kappa shape index (κ1) is 14.8. The molecule has 0 aromatic rings. The van der Waals surface area contributed by atoms with Crippen molar-refractivity contribution < 1.29 is 4.79 Å². The van der Waals surface area contributed by atoms with E-state index in [9.17, 15) is 4.79 Å². The van der Waals surface area contributed by atoms with Gasteiger partial charge in [0.15, 0.2) is 0 Å². The summed E-state index contributed by atoms with van der Waals surface area (Å²) >= 11 is 0. The Bertz CT molecular complexity index is 298. The lowest BCUT2D eigenvalue weighted by Gasteiger charge is -2.34. The monoisotopic (exact) mass is 267 g/mol. The first-order valence-electron chi connectivity index (χ1n) is 7.79. The fourth-order valence-corrected chi connectivity index (χ4v) is 3.71. The van der Waals surface area contributed by atoms with Crippen LogP contribution < -0.4 is 11.1 Å². The number of amides is 1. The highest BCUT2D eigenvalue weighted by Crippen LogP contribution is 2.29. The van der Waals surface area contributed by atoms with E-state index in [2.05, 4.69) is 24.2 Å². The number of hydrogen-bond donors (Lipinski definition) is 2. The second-order valence-corrected chi connectivity index (χ2v) is 6.61. The van der Waals surface area contributed by atoms with Gasteiger partial charge in [0, 0.05) is 19.1 Å². The minimum atomic E-state index is 0.0232. The fraction of sp³-hybridized carbons (Fsp3) is 0.933. The largest absolute Gasteiger partial charge is 0.355 e. The number of nitrogens with two attached hydrogens (primary N) is 1. The second kappa shape index (κ2) is 6.71. The van der Waals surface area contributed by atoms with Crippen LogP contribution in [0.2, 0.25) is 0 Å². The molecule has 4 nitrogen and oxygen atoms in total. The average molecular weight is 267 g/mol. The van der Waals surface area contributed by atoms with Crippen molar-refractivity contribution in [3.8, 4) is 0 Å². The summed E-state index contributed by atoms with van der Waals surface area (Å²) in [6, 6.07) is 0.0535. The zero-order valence-electron chi connectivity index (χ0n) is 12.4. The third kappa shape index (κ3) is 3.93. The first-order valence-corrected chi connectivity index (χ1v) is 7.79. The van der Waals surface area contributed by atoms with Gasteiger partial charge in [-0.3, -0.25) is 4.79 Å². The van der Waals surface area contributed by atoms with Crippen molar-refractivity contribution in [2.75, 3.05) is 26.7 Å². The molecule has 1 heterocycles. The second-order valence-electron chi connectivity index (χ2n) is 6.61. The van der Waals surface area contributed by atoms with Gasteiger partial charge in [-0.25, -0.2) is 0 Å². The summed E-state index contributed by atoms with van der Waals surface area (Å²) in [5.74, 6) is 1.25. The fourth-order valence-electron chi connectivity index (χ4n) is 3.71. The lowest BCUT2D eigenvalue weighted by atomic mass is 9.76. The molecule has 3 N–H and O–H groups in total. The molecule has 4 atom stereocenters. The maximum Gasteiger partial charge on any atom is 0.224 e. The van der Waals surface area contributed by atoms with Gasteiger partial charge in [-0.05, 0) is 51.1 Å². The molecule has 1 aliphatic heterocycles. The van der Waals surface area contributed by atoms with Gasteiger partial charge in [0.2, 0.25) is 5.91 Å². The van der Waals surface area contributed by atoms with Gasteiger partial charge in [0.1, 0.15) is 0 Å². The summed E-state index contributed by atoms with van der Waals surface area (Å²) in [6.45, 7) is 5.28. The highest BCUT2D eigenvalue weighted by molar-refractivity contribution is 5.79. The van der Waals surface area contributed by atoms with Gasteiger partial charge in [-0.1, -0.05) is 13.3 Å². The van der Waals surface area contributed by atoms with E-state index in [0.717, 1.165) is 25.9 Å². The van der Waals surface area contributed by atoms with Crippen LogP contribution in [-0.2, 0) is 4.79 Å². The maximum atomic E-state index is 12.3. The average Bonchev–Trinajstić information content (AvgIpc) is 2.36. The van der Waals surface area contributed by atoms with Crippen LogP contribution in [0.3, 0.4) is 0 Å². The lowest BCUT2D eigenvalue weighted by Crippen LogP contribution is -2.49. The van der Waals surface area contributed by atoms with Gasteiger partial charge in [0.25, 0.3) is 0 Å². The van der Waals surface area contributed by atoms with Crippen LogP contribution in [0, 0.1) is 17.8 Å². The van der Waals surface area contributed by atoms with Crippen LogP contribution in [0.4, 0.5) is 0 Å². The Morgan fingerprint density at radius 1 is 1.32 bits per heavy atom. The molecule has 0 spiro atoms. The molecule has 1 saturated heterocycles. The number of nitrogens with zero attached hydrogens (tertiary/aromatic N) is 1. The molecule has 110 valence electrons. The van der Waals surface area contributed by atoms with Crippen LogP contribution in [-0.4, -0.2) is 43.5 Å². The zero-order chi connectivity index (χ0) is 13.8. The molecule has 1 amide bonds.